The predicted molar refractivity (Wildman–Crippen MR) is 104 cm³/mol. The van der Waals surface area contributed by atoms with Crippen LogP contribution in [0.4, 0.5) is 0 Å². The van der Waals surface area contributed by atoms with Crippen LogP contribution in [0.15, 0.2) is 65.8 Å². The van der Waals surface area contributed by atoms with E-state index in [4.69, 9.17) is 0 Å². The number of hydrogen-bond acceptors (Lipinski definition) is 2. The van der Waals surface area contributed by atoms with Crippen LogP contribution >= 0.6 is 0 Å². The Hall–Kier alpha value is -2.92. The molecule has 0 spiro atoms. The number of benzene rings is 2. The van der Waals surface area contributed by atoms with E-state index in [1.54, 1.807) is 0 Å². The van der Waals surface area contributed by atoms with Crippen LogP contribution in [0.2, 0.25) is 0 Å². The third-order valence-electron chi connectivity index (χ3n) is 4.55. The summed E-state index contributed by atoms with van der Waals surface area (Å²) in [6.45, 7) is 5.45. The molecule has 1 aliphatic rings. The van der Waals surface area contributed by atoms with Gasteiger partial charge in [0.25, 0.3) is 0 Å². The molecule has 25 heavy (non-hydrogen) atoms. The van der Waals surface area contributed by atoms with E-state index in [0.29, 0.717) is 0 Å². The van der Waals surface area contributed by atoms with Crippen molar-refractivity contribution >= 4 is 16.6 Å². The van der Waals surface area contributed by atoms with E-state index in [1.807, 2.05) is 30.5 Å². The lowest BCUT2D eigenvalue weighted by molar-refractivity contribution is 0.423. The molecular weight excluding hydrogens is 304 g/mol. The summed E-state index contributed by atoms with van der Waals surface area (Å²) >= 11 is 0. The van der Waals surface area contributed by atoms with Crippen molar-refractivity contribution in [2.75, 3.05) is 6.54 Å². The summed E-state index contributed by atoms with van der Waals surface area (Å²) in [5.41, 5.74) is 5.72. The molecule has 2 heterocycles. The minimum atomic E-state index is 0.288. The summed E-state index contributed by atoms with van der Waals surface area (Å²) in [5.74, 6) is 6.56. The Morgan fingerprint density at radius 1 is 0.920 bits per heavy atom. The van der Waals surface area contributed by atoms with E-state index in [1.165, 1.54) is 11.3 Å². The number of pyridine rings is 1. The standard InChI is InChI=1S/C23H20N2/c1-23(2)15-22(25-16-23)19-11-8-17(9-12-19)7-10-18-13-14-24-21-6-4-3-5-20(18)21/h3-6,8-9,11-14H,15-16H2,1-2H3. The van der Waals surface area contributed by atoms with Crippen LogP contribution in [0.5, 0.6) is 0 Å². The van der Waals surface area contributed by atoms with E-state index >= 15 is 0 Å². The van der Waals surface area contributed by atoms with Gasteiger partial charge in [0.1, 0.15) is 0 Å². The summed E-state index contributed by atoms with van der Waals surface area (Å²) in [6.07, 6.45) is 2.86. The van der Waals surface area contributed by atoms with Crippen molar-refractivity contribution in [1.82, 2.24) is 4.98 Å². The van der Waals surface area contributed by atoms with Crippen molar-refractivity contribution in [3.63, 3.8) is 0 Å². The molecule has 122 valence electrons. The minimum absolute atomic E-state index is 0.288. The molecule has 2 nitrogen and oxygen atoms in total. The Kier molecular flexibility index (Phi) is 3.86. The first-order chi connectivity index (χ1) is 12.1. The van der Waals surface area contributed by atoms with E-state index in [2.05, 4.69) is 66.0 Å². The highest BCUT2D eigenvalue weighted by Crippen LogP contribution is 2.29. The van der Waals surface area contributed by atoms with Crippen molar-refractivity contribution in [3.8, 4) is 11.8 Å². The number of para-hydroxylation sites is 1. The molecule has 1 aliphatic heterocycles. The lowest BCUT2D eigenvalue weighted by Gasteiger charge is -2.14. The zero-order chi connectivity index (χ0) is 17.3. The minimum Gasteiger partial charge on any atom is -0.289 e. The number of fused-ring (bicyclic) bond motifs is 1. The summed E-state index contributed by atoms with van der Waals surface area (Å²) in [5, 5.41) is 1.09. The largest absolute Gasteiger partial charge is 0.289 e. The molecule has 3 aromatic rings. The lowest BCUT2D eigenvalue weighted by Crippen LogP contribution is -2.12. The molecule has 2 aromatic carbocycles. The molecular formula is C23H20N2. The highest BCUT2D eigenvalue weighted by molar-refractivity contribution is 6.02. The maximum absolute atomic E-state index is 4.69. The van der Waals surface area contributed by atoms with Crippen LogP contribution in [0.3, 0.4) is 0 Å². The first-order valence-electron chi connectivity index (χ1n) is 8.60. The molecule has 0 amide bonds. The van der Waals surface area contributed by atoms with Crippen molar-refractivity contribution < 1.29 is 0 Å². The van der Waals surface area contributed by atoms with Gasteiger partial charge in [-0.2, -0.15) is 0 Å². The maximum Gasteiger partial charge on any atom is 0.0714 e. The van der Waals surface area contributed by atoms with Crippen molar-refractivity contribution in [3.05, 3.63) is 77.5 Å². The summed E-state index contributed by atoms with van der Waals surface area (Å²) in [4.78, 5) is 9.07. The maximum atomic E-state index is 4.69. The quantitative estimate of drug-likeness (QED) is 0.587. The van der Waals surface area contributed by atoms with Gasteiger partial charge in [-0.1, -0.05) is 56.0 Å². The Labute approximate surface area is 148 Å². The van der Waals surface area contributed by atoms with Crippen LogP contribution in [0, 0.1) is 17.3 Å². The molecule has 0 aliphatic carbocycles. The van der Waals surface area contributed by atoms with Crippen molar-refractivity contribution in [2.24, 2.45) is 10.4 Å². The number of rotatable bonds is 1. The summed E-state index contributed by atoms with van der Waals surface area (Å²) in [6, 6.07) is 18.5. The number of aliphatic imine (C=N–C) groups is 1. The van der Waals surface area contributed by atoms with E-state index < -0.39 is 0 Å². The third-order valence-corrected chi connectivity index (χ3v) is 4.55. The molecule has 0 saturated carbocycles. The topological polar surface area (TPSA) is 25.2 Å². The number of aromatic nitrogens is 1. The van der Waals surface area contributed by atoms with Gasteiger partial charge in [0, 0.05) is 35.0 Å². The Morgan fingerprint density at radius 3 is 2.48 bits per heavy atom. The number of hydrogen-bond donors (Lipinski definition) is 0. The van der Waals surface area contributed by atoms with Gasteiger partial charge < -0.3 is 0 Å². The van der Waals surface area contributed by atoms with Gasteiger partial charge in [-0.15, -0.1) is 0 Å². The Morgan fingerprint density at radius 2 is 1.72 bits per heavy atom. The molecule has 0 radical (unpaired) electrons. The van der Waals surface area contributed by atoms with Crippen LogP contribution in [-0.4, -0.2) is 17.2 Å². The molecule has 0 saturated heterocycles. The molecule has 0 unspecified atom stereocenters. The van der Waals surface area contributed by atoms with Crippen LogP contribution in [-0.2, 0) is 0 Å². The summed E-state index contributed by atoms with van der Waals surface area (Å²) < 4.78 is 0. The third kappa shape index (κ3) is 3.32. The van der Waals surface area contributed by atoms with E-state index in [0.717, 1.165) is 35.0 Å². The molecule has 0 atom stereocenters. The average Bonchev–Trinajstić information content (AvgIpc) is 3.00. The Bertz CT molecular complexity index is 1010. The molecule has 0 N–H and O–H groups in total. The molecule has 2 heteroatoms. The van der Waals surface area contributed by atoms with E-state index in [9.17, 15) is 0 Å². The predicted octanol–water partition coefficient (Wildman–Crippen LogP) is 4.85. The second-order valence-corrected chi connectivity index (χ2v) is 7.31. The zero-order valence-electron chi connectivity index (χ0n) is 14.6. The van der Waals surface area contributed by atoms with Crippen LogP contribution in [0.25, 0.3) is 10.9 Å². The fourth-order valence-corrected chi connectivity index (χ4v) is 3.16. The van der Waals surface area contributed by atoms with Gasteiger partial charge in [0.2, 0.25) is 0 Å². The molecule has 0 bridgehead atoms. The summed E-state index contributed by atoms with van der Waals surface area (Å²) in [7, 11) is 0. The monoisotopic (exact) mass is 324 g/mol. The van der Waals surface area contributed by atoms with Gasteiger partial charge in [-0.25, -0.2) is 0 Å². The molecule has 0 fully saturated rings. The molecule has 4 rings (SSSR count). The highest BCUT2D eigenvalue weighted by atomic mass is 14.8. The fraction of sp³-hybridized carbons (Fsp3) is 0.217. The smallest absolute Gasteiger partial charge is 0.0714 e. The van der Waals surface area contributed by atoms with Gasteiger partial charge in [0.05, 0.1) is 5.52 Å². The van der Waals surface area contributed by atoms with Gasteiger partial charge >= 0.3 is 0 Å². The first-order valence-corrected chi connectivity index (χ1v) is 8.60. The second kappa shape index (κ2) is 6.18. The second-order valence-electron chi connectivity index (χ2n) is 7.31. The van der Waals surface area contributed by atoms with Crippen LogP contribution in [0.1, 0.15) is 37.0 Å². The fourth-order valence-electron chi connectivity index (χ4n) is 3.16. The zero-order valence-corrected chi connectivity index (χ0v) is 14.6. The Balaban J connectivity index is 1.59. The number of nitrogens with zero attached hydrogens (tertiary/aromatic N) is 2. The molecule has 1 aromatic heterocycles. The van der Waals surface area contributed by atoms with Crippen LogP contribution < -0.4 is 0 Å². The normalized spacial score (nSPS) is 15.5. The van der Waals surface area contributed by atoms with Gasteiger partial charge in [-0.05, 0) is 41.7 Å². The van der Waals surface area contributed by atoms with Crippen molar-refractivity contribution in [1.29, 1.82) is 0 Å². The first kappa shape index (κ1) is 15.6. The lowest BCUT2D eigenvalue weighted by atomic mass is 9.88. The van der Waals surface area contributed by atoms with Crippen molar-refractivity contribution in [2.45, 2.75) is 20.3 Å². The van der Waals surface area contributed by atoms with Gasteiger partial charge in [0.15, 0.2) is 0 Å². The highest BCUT2D eigenvalue weighted by Gasteiger charge is 2.26. The van der Waals surface area contributed by atoms with Gasteiger partial charge in [-0.3, -0.25) is 9.98 Å². The SMILES string of the molecule is CC1(C)CN=C(c2ccc(C#Cc3ccnc4ccccc34)cc2)C1. The average molecular weight is 324 g/mol. The van der Waals surface area contributed by atoms with E-state index in [-0.39, 0.29) is 5.41 Å².